The fraction of sp³-hybridized carbons (Fsp3) is 1.00. The van der Waals surface area contributed by atoms with Gasteiger partial charge in [0.1, 0.15) is 0 Å². The lowest BCUT2D eigenvalue weighted by molar-refractivity contribution is 0.506. The molecule has 0 aromatic rings. The molecule has 5 heteroatoms. The Kier molecular flexibility index (Phi) is 6.31. The van der Waals surface area contributed by atoms with E-state index in [0.717, 1.165) is 32.1 Å². The van der Waals surface area contributed by atoms with Gasteiger partial charge in [0.15, 0.2) is 0 Å². The quantitative estimate of drug-likeness (QED) is 0.779. The highest BCUT2D eigenvalue weighted by Crippen LogP contribution is 2.28. The van der Waals surface area contributed by atoms with E-state index >= 15 is 0 Å². The van der Waals surface area contributed by atoms with Crippen LogP contribution in [0, 0.1) is 5.92 Å². The molecule has 102 valence electrons. The Morgan fingerprint density at radius 2 is 1.94 bits per heavy atom. The lowest BCUT2D eigenvalue weighted by Gasteiger charge is -2.17. The van der Waals surface area contributed by atoms with Crippen LogP contribution in [-0.4, -0.2) is 31.7 Å². The van der Waals surface area contributed by atoms with Gasteiger partial charge in [0.2, 0.25) is 10.0 Å². The highest BCUT2D eigenvalue weighted by Gasteiger charge is 2.28. The fourth-order valence-electron chi connectivity index (χ4n) is 2.40. The molecular formula is C12H25NO2S2. The molecule has 1 saturated carbocycles. The summed E-state index contributed by atoms with van der Waals surface area (Å²) in [5.74, 6) is 0.589. The third-order valence-corrected chi connectivity index (χ3v) is 6.37. The molecule has 1 N–H and O–H groups in total. The zero-order chi connectivity index (χ0) is 12.9. The predicted molar refractivity (Wildman–Crippen MR) is 75.9 cm³/mol. The second-order valence-corrected chi connectivity index (χ2v) is 7.89. The van der Waals surface area contributed by atoms with Gasteiger partial charge in [0.25, 0.3) is 0 Å². The number of nitrogens with one attached hydrogen (secondary N) is 1. The number of rotatable bonds is 7. The first-order valence-corrected chi connectivity index (χ1v) is 9.47. The van der Waals surface area contributed by atoms with Gasteiger partial charge in [-0.3, -0.25) is 0 Å². The van der Waals surface area contributed by atoms with Crippen molar-refractivity contribution in [1.82, 2.24) is 4.72 Å². The van der Waals surface area contributed by atoms with Crippen LogP contribution in [0.15, 0.2) is 0 Å². The van der Waals surface area contributed by atoms with Crippen molar-refractivity contribution >= 4 is 21.8 Å². The van der Waals surface area contributed by atoms with Crippen LogP contribution in [0.5, 0.6) is 0 Å². The van der Waals surface area contributed by atoms with E-state index in [2.05, 4.69) is 24.8 Å². The van der Waals surface area contributed by atoms with Gasteiger partial charge < -0.3 is 0 Å². The normalized spacial score (nSPS) is 25.6. The zero-order valence-electron chi connectivity index (χ0n) is 11.1. The first-order valence-electron chi connectivity index (χ1n) is 6.53. The molecule has 0 radical (unpaired) electrons. The van der Waals surface area contributed by atoms with E-state index in [9.17, 15) is 8.42 Å². The van der Waals surface area contributed by atoms with Crippen LogP contribution in [0.1, 0.15) is 46.0 Å². The highest BCUT2D eigenvalue weighted by molar-refractivity contribution is 7.99. The standard InChI is InChI=1S/C12H25NO2S2/c1-4-10(5-2)9-17(14,15)13-11-6-7-12(8-11)16-3/h10-13H,4-9H2,1-3H3/t11-,12-/m1/s1. The number of hydrogen-bond donors (Lipinski definition) is 1. The Morgan fingerprint density at radius 3 is 2.41 bits per heavy atom. The number of thioether (sulfide) groups is 1. The predicted octanol–water partition coefficient (Wildman–Crippen LogP) is 2.63. The van der Waals surface area contributed by atoms with Gasteiger partial charge in [-0.1, -0.05) is 26.7 Å². The second kappa shape index (κ2) is 7.00. The second-order valence-electron chi connectivity index (χ2n) is 4.95. The van der Waals surface area contributed by atoms with Crippen LogP contribution >= 0.6 is 11.8 Å². The summed E-state index contributed by atoms with van der Waals surface area (Å²) in [6.07, 6.45) is 7.10. The molecule has 0 aromatic carbocycles. The minimum Gasteiger partial charge on any atom is -0.212 e. The molecule has 1 aliphatic carbocycles. The molecule has 0 spiro atoms. The Labute approximate surface area is 110 Å². The molecule has 0 saturated heterocycles. The maximum atomic E-state index is 12.0. The summed E-state index contributed by atoms with van der Waals surface area (Å²) in [5.41, 5.74) is 0. The topological polar surface area (TPSA) is 46.2 Å². The van der Waals surface area contributed by atoms with Gasteiger partial charge >= 0.3 is 0 Å². The average molecular weight is 279 g/mol. The van der Waals surface area contributed by atoms with Gasteiger partial charge in [0, 0.05) is 11.3 Å². The van der Waals surface area contributed by atoms with Crippen molar-refractivity contribution in [3.63, 3.8) is 0 Å². The zero-order valence-corrected chi connectivity index (χ0v) is 12.7. The van der Waals surface area contributed by atoms with E-state index in [1.165, 1.54) is 0 Å². The highest BCUT2D eigenvalue weighted by atomic mass is 32.2. The summed E-state index contributed by atoms with van der Waals surface area (Å²) in [4.78, 5) is 0. The van der Waals surface area contributed by atoms with Gasteiger partial charge in [-0.2, -0.15) is 11.8 Å². The van der Waals surface area contributed by atoms with Crippen LogP contribution in [0.2, 0.25) is 0 Å². The van der Waals surface area contributed by atoms with Crippen molar-refractivity contribution < 1.29 is 8.42 Å². The molecule has 3 nitrogen and oxygen atoms in total. The van der Waals surface area contributed by atoms with Crippen LogP contribution < -0.4 is 4.72 Å². The van der Waals surface area contributed by atoms with E-state index in [1.807, 2.05) is 11.8 Å². The first-order chi connectivity index (χ1) is 8.00. The molecule has 0 unspecified atom stereocenters. The summed E-state index contributed by atoms with van der Waals surface area (Å²) >= 11 is 1.85. The number of hydrogen-bond acceptors (Lipinski definition) is 3. The van der Waals surface area contributed by atoms with Crippen molar-refractivity contribution in [3.05, 3.63) is 0 Å². The Balaban J connectivity index is 2.44. The van der Waals surface area contributed by atoms with Crippen LogP contribution in [0.3, 0.4) is 0 Å². The van der Waals surface area contributed by atoms with Crippen molar-refractivity contribution in [2.45, 2.75) is 57.2 Å². The maximum absolute atomic E-state index is 12.0. The molecule has 1 aliphatic rings. The van der Waals surface area contributed by atoms with Crippen LogP contribution in [0.4, 0.5) is 0 Å². The lowest BCUT2D eigenvalue weighted by Crippen LogP contribution is -2.36. The summed E-state index contributed by atoms with van der Waals surface area (Å²) < 4.78 is 26.9. The van der Waals surface area contributed by atoms with Crippen molar-refractivity contribution in [2.75, 3.05) is 12.0 Å². The maximum Gasteiger partial charge on any atom is 0.212 e. The summed E-state index contributed by atoms with van der Waals surface area (Å²) in [6, 6.07) is 0.173. The Bertz CT molecular complexity index is 312. The molecule has 1 fully saturated rings. The third kappa shape index (κ3) is 5.18. The minimum atomic E-state index is -3.08. The smallest absolute Gasteiger partial charge is 0.212 e. The number of sulfonamides is 1. The van der Waals surface area contributed by atoms with E-state index in [4.69, 9.17) is 0 Å². The summed E-state index contributed by atoms with van der Waals surface area (Å²) in [5, 5.41) is 0.635. The SMILES string of the molecule is CCC(CC)CS(=O)(=O)N[C@@H]1CC[C@@H](SC)C1. The van der Waals surface area contributed by atoms with Gasteiger partial charge in [-0.05, 0) is 31.4 Å². The van der Waals surface area contributed by atoms with Gasteiger partial charge in [-0.25, -0.2) is 13.1 Å². The van der Waals surface area contributed by atoms with E-state index < -0.39 is 10.0 Å². The first kappa shape index (κ1) is 15.3. The Hall–Kier alpha value is 0.260. The molecule has 1 rings (SSSR count). The Morgan fingerprint density at radius 1 is 1.29 bits per heavy atom. The molecule has 0 heterocycles. The molecule has 0 aromatic heterocycles. The van der Waals surface area contributed by atoms with Crippen molar-refractivity contribution in [3.8, 4) is 0 Å². The van der Waals surface area contributed by atoms with E-state index in [1.54, 1.807) is 0 Å². The molecule has 0 amide bonds. The minimum absolute atomic E-state index is 0.173. The molecule has 0 aliphatic heterocycles. The molecule has 17 heavy (non-hydrogen) atoms. The van der Waals surface area contributed by atoms with Gasteiger partial charge in [-0.15, -0.1) is 0 Å². The molecular weight excluding hydrogens is 254 g/mol. The third-order valence-electron chi connectivity index (χ3n) is 3.67. The van der Waals surface area contributed by atoms with Crippen molar-refractivity contribution in [2.24, 2.45) is 5.92 Å². The van der Waals surface area contributed by atoms with Crippen LogP contribution in [-0.2, 0) is 10.0 Å². The van der Waals surface area contributed by atoms with Crippen LogP contribution in [0.25, 0.3) is 0 Å². The summed E-state index contributed by atoms with van der Waals surface area (Å²) in [6.45, 7) is 4.12. The largest absolute Gasteiger partial charge is 0.212 e. The van der Waals surface area contributed by atoms with Crippen molar-refractivity contribution in [1.29, 1.82) is 0 Å². The molecule has 0 bridgehead atoms. The van der Waals surface area contributed by atoms with E-state index in [0.29, 0.717) is 16.9 Å². The molecule has 2 atom stereocenters. The average Bonchev–Trinajstić information content (AvgIpc) is 2.72. The lowest BCUT2D eigenvalue weighted by atomic mass is 10.1. The van der Waals surface area contributed by atoms with E-state index in [-0.39, 0.29) is 6.04 Å². The fourth-order valence-corrected chi connectivity index (χ4v) is 5.10. The van der Waals surface area contributed by atoms with Gasteiger partial charge in [0.05, 0.1) is 5.75 Å². The monoisotopic (exact) mass is 279 g/mol. The summed E-state index contributed by atoms with van der Waals surface area (Å²) in [7, 11) is -3.08.